The molecule has 1 saturated heterocycles. The van der Waals surface area contributed by atoms with E-state index in [0.29, 0.717) is 22.9 Å². The number of amides is 2. The Morgan fingerprint density at radius 3 is 2.96 bits per heavy atom. The summed E-state index contributed by atoms with van der Waals surface area (Å²) in [6.07, 6.45) is 2.01. The quantitative estimate of drug-likeness (QED) is 0.909. The Morgan fingerprint density at radius 1 is 1.42 bits per heavy atom. The molecule has 0 spiro atoms. The number of urea groups is 1. The fraction of sp³-hybridized carbons (Fsp3) is 0.529. The summed E-state index contributed by atoms with van der Waals surface area (Å²) in [5, 5.41) is 2.85. The van der Waals surface area contributed by atoms with E-state index in [-0.39, 0.29) is 12.6 Å². The SMILES string of the molecule is COc1ccc2oc(CNC(=O)N(C)CC3CCOCC3)nc2c1. The molecule has 0 unspecified atom stereocenters. The van der Waals surface area contributed by atoms with Gasteiger partial charge in [-0.3, -0.25) is 0 Å². The van der Waals surface area contributed by atoms with Gasteiger partial charge in [0.15, 0.2) is 5.58 Å². The highest BCUT2D eigenvalue weighted by atomic mass is 16.5. The molecule has 1 aromatic heterocycles. The number of oxazole rings is 1. The van der Waals surface area contributed by atoms with Crippen molar-refractivity contribution in [3.63, 3.8) is 0 Å². The third kappa shape index (κ3) is 3.97. The molecule has 2 amide bonds. The topological polar surface area (TPSA) is 76.8 Å². The number of rotatable bonds is 5. The maximum Gasteiger partial charge on any atom is 0.317 e. The maximum absolute atomic E-state index is 12.2. The van der Waals surface area contributed by atoms with Crippen molar-refractivity contribution in [3.05, 3.63) is 24.1 Å². The number of carbonyl (C=O) groups is 1. The zero-order valence-corrected chi connectivity index (χ0v) is 14.1. The zero-order chi connectivity index (χ0) is 16.9. The number of ether oxygens (including phenoxy) is 2. The second-order valence-corrected chi connectivity index (χ2v) is 6.04. The van der Waals surface area contributed by atoms with E-state index < -0.39 is 0 Å². The Kier molecular flexibility index (Phi) is 5.20. The lowest BCUT2D eigenvalue weighted by Gasteiger charge is -2.27. The van der Waals surface area contributed by atoms with Crippen LogP contribution < -0.4 is 10.1 Å². The van der Waals surface area contributed by atoms with Crippen LogP contribution in [-0.2, 0) is 11.3 Å². The fourth-order valence-electron chi connectivity index (χ4n) is 2.84. The van der Waals surface area contributed by atoms with Crippen molar-refractivity contribution in [2.24, 2.45) is 5.92 Å². The smallest absolute Gasteiger partial charge is 0.317 e. The van der Waals surface area contributed by atoms with Gasteiger partial charge in [-0.15, -0.1) is 0 Å². The van der Waals surface area contributed by atoms with Gasteiger partial charge in [-0.25, -0.2) is 9.78 Å². The van der Waals surface area contributed by atoms with Crippen LogP contribution in [0.25, 0.3) is 11.1 Å². The minimum absolute atomic E-state index is 0.124. The molecule has 0 bridgehead atoms. The predicted molar refractivity (Wildman–Crippen MR) is 89.0 cm³/mol. The van der Waals surface area contributed by atoms with Crippen molar-refractivity contribution in [2.75, 3.05) is 33.9 Å². The first kappa shape index (κ1) is 16.6. The molecule has 7 heteroatoms. The van der Waals surface area contributed by atoms with Gasteiger partial charge < -0.3 is 24.1 Å². The standard InChI is InChI=1S/C17H23N3O4/c1-20(11-12-5-7-23-8-6-12)17(21)18-10-16-19-14-9-13(22-2)3-4-15(14)24-16/h3-4,9,12H,5-8,10-11H2,1-2H3,(H,18,21). The van der Waals surface area contributed by atoms with E-state index in [0.717, 1.165) is 38.3 Å². The van der Waals surface area contributed by atoms with Gasteiger partial charge in [0.1, 0.15) is 11.3 Å². The highest BCUT2D eigenvalue weighted by Crippen LogP contribution is 2.21. The summed E-state index contributed by atoms with van der Waals surface area (Å²) >= 11 is 0. The van der Waals surface area contributed by atoms with Gasteiger partial charge in [0, 0.05) is 32.9 Å². The molecule has 3 rings (SSSR count). The van der Waals surface area contributed by atoms with Crippen LogP contribution in [0.2, 0.25) is 0 Å². The molecule has 2 aromatic rings. The summed E-state index contributed by atoms with van der Waals surface area (Å²) in [4.78, 5) is 18.3. The Morgan fingerprint density at radius 2 is 2.21 bits per heavy atom. The van der Waals surface area contributed by atoms with Crippen molar-refractivity contribution in [1.29, 1.82) is 0 Å². The van der Waals surface area contributed by atoms with E-state index in [2.05, 4.69) is 10.3 Å². The van der Waals surface area contributed by atoms with Gasteiger partial charge in [0.25, 0.3) is 0 Å². The average molecular weight is 333 g/mol. The Labute approximate surface area is 140 Å². The first-order valence-electron chi connectivity index (χ1n) is 8.16. The first-order valence-corrected chi connectivity index (χ1v) is 8.16. The molecule has 1 aromatic carbocycles. The van der Waals surface area contributed by atoms with Crippen molar-refractivity contribution >= 4 is 17.1 Å². The molecule has 1 fully saturated rings. The fourth-order valence-corrected chi connectivity index (χ4v) is 2.84. The third-order valence-corrected chi connectivity index (χ3v) is 4.25. The Hall–Kier alpha value is -2.28. The molecule has 0 saturated carbocycles. The molecule has 0 atom stereocenters. The number of aromatic nitrogens is 1. The molecule has 0 aliphatic carbocycles. The number of fused-ring (bicyclic) bond motifs is 1. The van der Waals surface area contributed by atoms with Crippen LogP contribution >= 0.6 is 0 Å². The summed E-state index contributed by atoms with van der Waals surface area (Å²) in [7, 11) is 3.42. The second-order valence-electron chi connectivity index (χ2n) is 6.04. The highest BCUT2D eigenvalue weighted by molar-refractivity contribution is 5.75. The molecule has 1 N–H and O–H groups in total. The van der Waals surface area contributed by atoms with E-state index in [9.17, 15) is 4.79 Å². The van der Waals surface area contributed by atoms with Crippen LogP contribution in [0.4, 0.5) is 4.79 Å². The number of hydrogen-bond donors (Lipinski definition) is 1. The summed E-state index contributed by atoms with van der Waals surface area (Å²) in [5.41, 5.74) is 1.39. The molecule has 1 aliphatic heterocycles. The van der Waals surface area contributed by atoms with Crippen molar-refractivity contribution in [3.8, 4) is 5.75 Å². The molecular formula is C17H23N3O4. The average Bonchev–Trinajstić information content (AvgIpc) is 3.02. The van der Waals surface area contributed by atoms with E-state index in [1.165, 1.54) is 0 Å². The van der Waals surface area contributed by atoms with Gasteiger partial charge in [-0.1, -0.05) is 0 Å². The highest BCUT2D eigenvalue weighted by Gasteiger charge is 2.19. The zero-order valence-electron chi connectivity index (χ0n) is 14.1. The Bertz CT molecular complexity index is 694. The van der Waals surface area contributed by atoms with Gasteiger partial charge >= 0.3 is 6.03 Å². The van der Waals surface area contributed by atoms with E-state index >= 15 is 0 Å². The summed E-state index contributed by atoms with van der Waals surface area (Å²) in [6, 6.07) is 5.31. The van der Waals surface area contributed by atoms with E-state index in [1.54, 1.807) is 18.1 Å². The minimum Gasteiger partial charge on any atom is -0.497 e. The number of nitrogens with one attached hydrogen (secondary N) is 1. The lowest BCUT2D eigenvalue weighted by Crippen LogP contribution is -2.40. The number of nitrogens with zero attached hydrogens (tertiary/aromatic N) is 2. The van der Waals surface area contributed by atoms with Gasteiger partial charge in [0.05, 0.1) is 13.7 Å². The van der Waals surface area contributed by atoms with Gasteiger partial charge in [-0.05, 0) is 30.9 Å². The maximum atomic E-state index is 12.2. The molecular weight excluding hydrogens is 310 g/mol. The molecule has 24 heavy (non-hydrogen) atoms. The van der Waals surface area contributed by atoms with Crippen LogP contribution in [-0.4, -0.2) is 49.8 Å². The van der Waals surface area contributed by atoms with Crippen LogP contribution in [0.3, 0.4) is 0 Å². The van der Waals surface area contributed by atoms with Crippen molar-refractivity contribution in [2.45, 2.75) is 19.4 Å². The molecule has 130 valence electrons. The molecule has 2 heterocycles. The monoisotopic (exact) mass is 333 g/mol. The van der Waals surface area contributed by atoms with Gasteiger partial charge in [-0.2, -0.15) is 0 Å². The molecule has 1 aliphatic rings. The van der Waals surface area contributed by atoms with E-state index in [4.69, 9.17) is 13.9 Å². The normalized spacial score (nSPS) is 15.4. The number of carbonyl (C=O) groups excluding carboxylic acids is 1. The largest absolute Gasteiger partial charge is 0.497 e. The first-order chi connectivity index (χ1) is 11.7. The minimum atomic E-state index is -0.124. The lowest BCUT2D eigenvalue weighted by molar-refractivity contribution is 0.0586. The Balaban J connectivity index is 1.53. The second kappa shape index (κ2) is 7.53. The molecule has 0 radical (unpaired) electrons. The van der Waals surface area contributed by atoms with Gasteiger partial charge in [0.2, 0.25) is 5.89 Å². The predicted octanol–water partition coefficient (Wildman–Crippen LogP) is 2.40. The van der Waals surface area contributed by atoms with Crippen LogP contribution in [0, 0.1) is 5.92 Å². The number of benzene rings is 1. The van der Waals surface area contributed by atoms with Crippen LogP contribution in [0.15, 0.2) is 22.6 Å². The lowest BCUT2D eigenvalue weighted by atomic mass is 10.0. The number of methoxy groups -OCH3 is 1. The van der Waals surface area contributed by atoms with Crippen LogP contribution in [0.1, 0.15) is 18.7 Å². The summed E-state index contributed by atoms with van der Waals surface area (Å²) in [6.45, 7) is 2.56. The van der Waals surface area contributed by atoms with Crippen molar-refractivity contribution in [1.82, 2.24) is 15.2 Å². The summed E-state index contributed by atoms with van der Waals surface area (Å²) in [5.74, 6) is 1.71. The molecule has 7 nitrogen and oxygen atoms in total. The third-order valence-electron chi connectivity index (χ3n) is 4.25. The van der Waals surface area contributed by atoms with E-state index in [1.807, 2.05) is 19.2 Å². The number of hydrogen-bond acceptors (Lipinski definition) is 5. The van der Waals surface area contributed by atoms with Crippen molar-refractivity contribution < 1.29 is 18.7 Å². The summed E-state index contributed by atoms with van der Waals surface area (Å²) < 4.78 is 16.1. The van der Waals surface area contributed by atoms with Crippen LogP contribution in [0.5, 0.6) is 5.75 Å².